The van der Waals surface area contributed by atoms with Crippen LogP contribution >= 0.6 is 0 Å². The monoisotopic (exact) mass is 200 g/mol. The van der Waals surface area contributed by atoms with Gasteiger partial charge in [-0.3, -0.25) is 9.36 Å². The minimum Gasteiger partial charge on any atom is -0.292 e. The van der Waals surface area contributed by atoms with Crippen LogP contribution in [0.1, 0.15) is 11.4 Å². The highest BCUT2D eigenvalue weighted by Gasteiger charge is 2.00. The molecule has 3 heteroatoms. The van der Waals surface area contributed by atoms with Crippen LogP contribution in [-0.4, -0.2) is 9.55 Å². The summed E-state index contributed by atoms with van der Waals surface area (Å²) >= 11 is 0. The number of aryl methyl sites for hydroxylation is 1. The van der Waals surface area contributed by atoms with Gasteiger partial charge in [-0.05, 0) is 12.5 Å². The summed E-state index contributed by atoms with van der Waals surface area (Å²) in [6.07, 6.45) is 1.54. The van der Waals surface area contributed by atoms with Gasteiger partial charge in [0.05, 0.1) is 6.54 Å². The summed E-state index contributed by atoms with van der Waals surface area (Å²) in [5.74, 6) is 0.742. The fourth-order valence-corrected chi connectivity index (χ4v) is 1.49. The largest absolute Gasteiger partial charge is 0.292 e. The molecule has 0 aliphatic heterocycles. The first kappa shape index (κ1) is 9.65. The van der Waals surface area contributed by atoms with Crippen molar-refractivity contribution in [2.24, 2.45) is 0 Å². The zero-order valence-corrected chi connectivity index (χ0v) is 8.55. The Morgan fingerprint density at radius 1 is 1.20 bits per heavy atom. The predicted molar refractivity (Wildman–Crippen MR) is 58.8 cm³/mol. The fourth-order valence-electron chi connectivity index (χ4n) is 1.49. The van der Waals surface area contributed by atoms with Gasteiger partial charge in [0, 0.05) is 12.3 Å². The first-order valence-electron chi connectivity index (χ1n) is 4.84. The third kappa shape index (κ3) is 2.13. The van der Waals surface area contributed by atoms with E-state index in [4.69, 9.17) is 0 Å². The number of rotatable bonds is 2. The lowest BCUT2D eigenvalue weighted by molar-refractivity contribution is 0.700. The molecule has 3 nitrogen and oxygen atoms in total. The first-order chi connectivity index (χ1) is 7.27. The van der Waals surface area contributed by atoms with E-state index in [1.54, 1.807) is 10.8 Å². The smallest absolute Gasteiger partial charge is 0.253 e. The van der Waals surface area contributed by atoms with E-state index in [1.807, 2.05) is 37.3 Å². The maximum atomic E-state index is 11.6. The van der Waals surface area contributed by atoms with E-state index in [9.17, 15) is 4.79 Å². The highest BCUT2D eigenvalue weighted by atomic mass is 16.1. The standard InChI is InChI=1S/C12H12N2O/c1-10-13-8-7-12(15)14(10)9-11-5-3-2-4-6-11/h2-8H,9H2,1H3. The van der Waals surface area contributed by atoms with Crippen LogP contribution in [-0.2, 0) is 6.54 Å². The minimum atomic E-state index is -0.00801. The van der Waals surface area contributed by atoms with Crippen molar-refractivity contribution in [2.75, 3.05) is 0 Å². The van der Waals surface area contributed by atoms with Crippen LogP contribution in [0.3, 0.4) is 0 Å². The van der Waals surface area contributed by atoms with E-state index in [0.29, 0.717) is 6.54 Å². The third-order valence-electron chi connectivity index (χ3n) is 2.32. The van der Waals surface area contributed by atoms with Crippen molar-refractivity contribution in [1.29, 1.82) is 0 Å². The second kappa shape index (κ2) is 4.09. The Morgan fingerprint density at radius 2 is 1.93 bits per heavy atom. The molecule has 1 aromatic carbocycles. The molecule has 2 rings (SSSR count). The molecule has 76 valence electrons. The van der Waals surface area contributed by atoms with Crippen LogP contribution < -0.4 is 5.56 Å². The predicted octanol–water partition coefficient (Wildman–Crippen LogP) is 1.60. The van der Waals surface area contributed by atoms with E-state index in [2.05, 4.69) is 4.98 Å². The fraction of sp³-hybridized carbons (Fsp3) is 0.167. The highest BCUT2D eigenvalue weighted by Crippen LogP contribution is 2.01. The Kier molecular flexibility index (Phi) is 2.63. The van der Waals surface area contributed by atoms with Crippen molar-refractivity contribution in [1.82, 2.24) is 9.55 Å². The van der Waals surface area contributed by atoms with E-state index in [1.165, 1.54) is 6.07 Å². The first-order valence-corrected chi connectivity index (χ1v) is 4.84. The summed E-state index contributed by atoms with van der Waals surface area (Å²) in [6, 6.07) is 11.4. The quantitative estimate of drug-likeness (QED) is 0.738. The lowest BCUT2D eigenvalue weighted by Crippen LogP contribution is -2.22. The van der Waals surface area contributed by atoms with Crippen LogP contribution in [0.15, 0.2) is 47.4 Å². The molecule has 1 heterocycles. The molecule has 2 aromatic rings. The van der Waals surface area contributed by atoms with Crippen LogP contribution in [0.4, 0.5) is 0 Å². The molecule has 0 atom stereocenters. The average molecular weight is 200 g/mol. The lowest BCUT2D eigenvalue weighted by Gasteiger charge is -2.07. The van der Waals surface area contributed by atoms with Crippen LogP contribution in [0.5, 0.6) is 0 Å². The summed E-state index contributed by atoms with van der Waals surface area (Å²) < 4.78 is 1.66. The average Bonchev–Trinajstić information content (AvgIpc) is 2.25. The molecule has 0 aliphatic rings. The van der Waals surface area contributed by atoms with Crippen LogP contribution in [0.25, 0.3) is 0 Å². The van der Waals surface area contributed by atoms with Crippen molar-refractivity contribution in [3.8, 4) is 0 Å². The molecule has 1 aromatic heterocycles. The summed E-state index contributed by atoms with van der Waals surface area (Å²) in [4.78, 5) is 15.7. The van der Waals surface area contributed by atoms with Crippen molar-refractivity contribution in [2.45, 2.75) is 13.5 Å². The molecule has 0 radical (unpaired) electrons. The van der Waals surface area contributed by atoms with Crippen molar-refractivity contribution in [3.05, 3.63) is 64.3 Å². The summed E-state index contributed by atoms with van der Waals surface area (Å²) in [6.45, 7) is 2.42. The van der Waals surface area contributed by atoms with Gasteiger partial charge in [0.15, 0.2) is 0 Å². The number of nitrogens with zero attached hydrogens (tertiary/aromatic N) is 2. The Hall–Kier alpha value is -1.90. The Balaban J connectivity index is 2.37. The van der Waals surface area contributed by atoms with Gasteiger partial charge in [-0.15, -0.1) is 0 Å². The van der Waals surface area contributed by atoms with Gasteiger partial charge in [-0.25, -0.2) is 4.98 Å². The molecular formula is C12H12N2O. The molecule has 0 saturated heterocycles. The molecule has 0 spiro atoms. The van der Waals surface area contributed by atoms with Gasteiger partial charge in [-0.1, -0.05) is 30.3 Å². The van der Waals surface area contributed by atoms with Gasteiger partial charge in [0.1, 0.15) is 5.82 Å². The molecule has 0 amide bonds. The lowest BCUT2D eigenvalue weighted by atomic mass is 10.2. The second-order valence-electron chi connectivity index (χ2n) is 3.40. The number of hydrogen-bond donors (Lipinski definition) is 0. The Labute approximate surface area is 88.0 Å². The summed E-state index contributed by atoms with van der Waals surface area (Å²) in [5.41, 5.74) is 1.10. The molecule has 0 aliphatic carbocycles. The SMILES string of the molecule is Cc1nccc(=O)n1Cc1ccccc1. The zero-order chi connectivity index (χ0) is 10.7. The molecule has 0 N–H and O–H groups in total. The molecule has 0 saturated carbocycles. The van der Waals surface area contributed by atoms with Gasteiger partial charge < -0.3 is 0 Å². The summed E-state index contributed by atoms with van der Waals surface area (Å²) in [7, 11) is 0. The third-order valence-corrected chi connectivity index (χ3v) is 2.32. The van der Waals surface area contributed by atoms with E-state index < -0.39 is 0 Å². The molecule has 15 heavy (non-hydrogen) atoms. The van der Waals surface area contributed by atoms with Gasteiger partial charge in [0.25, 0.3) is 5.56 Å². The maximum Gasteiger partial charge on any atom is 0.253 e. The molecule has 0 fully saturated rings. The highest BCUT2D eigenvalue weighted by molar-refractivity contribution is 5.15. The van der Waals surface area contributed by atoms with Gasteiger partial charge >= 0.3 is 0 Å². The Morgan fingerprint density at radius 3 is 2.60 bits per heavy atom. The van der Waals surface area contributed by atoms with E-state index in [0.717, 1.165) is 11.4 Å². The normalized spacial score (nSPS) is 10.2. The van der Waals surface area contributed by atoms with E-state index in [-0.39, 0.29) is 5.56 Å². The Bertz CT molecular complexity index is 503. The topological polar surface area (TPSA) is 34.9 Å². The zero-order valence-electron chi connectivity index (χ0n) is 8.55. The molecule has 0 unspecified atom stereocenters. The maximum absolute atomic E-state index is 11.6. The van der Waals surface area contributed by atoms with Gasteiger partial charge in [-0.2, -0.15) is 0 Å². The van der Waals surface area contributed by atoms with Crippen molar-refractivity contribution < 1.29 is 0 Å². The van der Waals surface area contributed by atoms with E-state index >= 15 is 0 Å². The van der Waals surface area contributed by atoms with Crippen LogP contribution in [0, 0.1) is 6.92 Å². The number of hydrogen-bond acceptors (Lipinski definition) is 2. The van der Waals surface area contributed by atoms with Crippen LogP contribution in [0.2, 0.25) is 0 Å². The van der Waals surface area contributed by atoms with Crippen molar-refractivity contribution >= 4 is 0 Å². The number of benzene rings is 1. The summed E-state index contributed by atoms with van der Waals surface area (Å²) in [5, 5.41) is 0. The van der Waals surface area contributed by atoms with Crippen molar-refractivity contribution in [3.63, 3.8) is 0 Å². The second-order valence-corrected chi connectivity index (χ2v) is 3.40. The minimum absolute atomic E-state index is 0.00801. The number of aromatic nitrogens is 2. The van der Waals surface area contributed by atoms with Gasteiger partial charge in [0.2, 0.25) is 0 Å². The molecule has 0 bridgehead atoms. The molecular weight excluding hydrogens is 188 g/mol.